The number of hydrogen-bond acceptors (Lipinski definition) is 2. The molecule has 0 aromatic carbocycles. The minimum Gasteiger partial charge on any atom is -0.511 e. The van der Waals surface area contributed by atoms with Crippen LogP contribution in [0.5, 0.6) is 0 Å². The molecule has 1 saturated heterocycles. The lowest BCUT2D eigenvalue weighted by Gasteiger charge is -2.27. The SMILES string of the molecule is C=C(O)C1CC(C)CN1CCC(C)(C)C. The summed E-state index contributed by atoms with van der Waals surface area (Å²) in [6, 6.07) is 0.197. The summed E-state index contributed by atoms with van der Waals surface area (Å²) in [4.78, 5) is 2.37. The summed E-state index contributed by atoms with van der Waals surface area (Å²) in [6.07, 6.45) is 2.23. The van der Waals surface area contributed by atoms with Gasteiger partial charge in [-0.05, 0) is 30.7 Å². The number of aliphatic hydroxyl groups is 1. The van der Waals surface area contributed by atoms with E-state index >= 15 is 0 Å². The first-order valence-electron chi connectivity index (χ1n) is 5.91. The third-order valence-electron chi connectivity index (χ3n) is 3.15. The lowest BCUT2D eigenvalue weighted by molar-refractivity contribution is 0.193. The molecule has 1 rings (SSSR count). The number of likely N-dealkylation sites (tertiary alicyclic amines) is 1. The van der Waals surface area contributed by atoms with E-state index in [1.54, 1.807) is 0 Å². The highest BCUT2D eigenvalue weighted by Crippen LogP contribution is 2.28. The highest BCUT2D eigenvalue weighted by molar-refractivity contribution is 5.01. The molecular weight excluding hydrogens is 186 g/mol. The Morgan fingerprint density at radius 2 is 2.07 bits per heavy atom. The van der Waals surface area contributed by atoms with Crippen LogP contribution in [0.2, 0.25) is 0 Å². The van der Waals surface area contributed by atoms with Crippen molar-refractivity contribution in [3.8, 4) is 0 Å². The Labute approximate surface area is 94.0 Å². The third kappa shape index (κ3) is 3.86. The summed E-state index contributed by atoms with van der Waals surface area (Å²) >= 11 is 0. The molecule has 1 fully saturated rings. The Balaban J connectivity index is 2.49. The predicted molar refractivity (Wildman–Crippen MR) is 65.0 cm³/mol. The van der Waals surface area contributed by atoms with Gasteiger partial charge in [-0.15, -0.1) is 0 Å². The number of nitrogens with zero attached hydrogens (tertiary/aromatic N) is 1. The van der Waals surface area contributed by atoms with Crippen LogP contribution < -0.4 is 0 Å². The second-order valence-electron chi connectivity index (χ2n) is 6.15. The quantitative estimate of drug-likeness (QED) is 0.725. The Hall–Kier alpha value is -0.500. The van der Waals surface area contributed by atoms with Gasteiger partial charge in [-0.1, -0.05) is 34.3 Å². The third-order valence-corrected chi connectivity index (χ3v) is 3.15. The fourth-order valence-corrected chi connectivity index (χ4v) is 2.21. The zero-order valence-corrected chi connectivity index (χ0v) is 10.6. The molecule has 15 heavy (non-hydrogen) atoms. The maximum Gasteiger partial charge on any atom is 0.102 e. The Morgan fingerprint density at radius 3 is 2.53 bits per heavy atom. The molecule has 0 radical (unpaired) electrons. The van der Waals surface area contributed by atoms with Crippen LogP contribution in [0.25, 0.3) is 0 Å². The lowest BCUT2D eigenvalue weighted by Crippen LogP contribution is -2.33. The number of aliphatic hydroxyl groups excluding tert-OH is 1. The topological polar surface area (TPSA) is 23.5 Å². The molecule has 1 aliphatic rings. The fourth-order valence-electron chi connectivity index (χ4n) is 2.21. The summed E-state index contributed by atoms with van der Waals surface area (Å²) in [6.45, 7) is 14.9. The van der Waals surface area contributed by atoms with Gasteiger partial charge < -0.3 is 5.11 Å². The second-order valence-corrected chi connectivity index (χ2v) is 6.15. The zero-order valence-electron chi connectivity index (χ0n) is 10.6. The van der Waals surface area contributed by atoms with Crippen molar-refractivity contribution in [2.24, 2.45) is 11.3 Å². The molecule has 2 nitrogen and oxygen atoms in total. The Bertz CT molecular complexity index is 229. The van der Waals surface area contributed by atoms with Crippen LogP contribution in [0.3, 0.4) is 0 Å². The summed E-state index contributed by atoms with van der Waals surface area (Å²) in [5, 5.41) is 9.53. The van der Waals surface area contributed by atoms with E-state index in [0.29, 0.717) is 17.1 Å². The summed E-state index contributed by atoms with van der Waals surface area (Å²) in [5.41, 5.74) is 0.368. The Morgan fingerprint density at radius 1 is 1.47 bits per heavy atom. The van der Waals surface area contributed by atoms with Crippen LogP contribution >= 0.6 is 0 Å². The van der Waals surface area contributed by atoms with Crippen molar-refractivity contribution >= 4 is 0 Å². The van der Waals surface area contributed by atoms with Gasteiger partial charge in [0, 0.05) is 6.54 Å². The zero-order chi connectivity index (χ0) is 11.6. The summed E-state index contributed by atoms with van der Waals surface area (Å²) in [5.74, 6) is 1.02. The van der Waals surface area contributed by atoms with E-state index in [1.807, 2.05) is 0 Å². The summed E-state index contributed by atoms with van der Waals surface area (Å²) < 4.78 is 0. The first-order chi connectivity index (χ1) is 6.79. The Kier molecular flexibility index (Phi) is 3.82. The van der Waals surface area contributed by atoms with Gasteiger partial charge in [0.2, 0.25) is 0 Å². The van der Waals surface area contributed by atoms with E-state index < -0.39 is 0 Å². The van der Waals surface area contributed by atoms with E-state index in [1.165, 1.54) is 6.42 Å². The molecule has 0 amide bonds. The van der Waals surface area contributed by atoms with Crippen molar-refractivity contribution in [1.82, 2.24) is 4.90 Å². The normalized spacial score (nSPS) is 28.3. The van der Waals surface area contributed by atoms with Crippen molar-refractivity contribution in [2.45, 2.75) is 46.6 Å². The van der Waals surface area contributed by atoms with Gasteiger partial charge in [0.15, 0.2) is 0 Å². The van der Waals surface area contributed by atoms with Crippen LogP contribution in [-0.4, -0.2) is 29.1 Å². The molecule has 0 aromatic rings. The van der Waals surface area contributed by atoms with Crippen LogP contribution in [0.4, 0.5) is 0 Å². The largest absolute Gasteiger partial charge is 0.511 e. The highest BCUT2D eigenvalue weighted by Gasteiger charge is 2.31. The molecular formula is C13H25NO. The lowest BCUT2D eigenvalue weighted by atomic mass is 9.92. The van der Waals surface area contributed by atoms with Crippen LogP contribution in [0.15, 0.2) is 12.3 Å². The van der Waals surface area contributed by atoms with Gasteiger partial charge in [0.1, 0.15) is 5.76 Å². The smallest absolute Gasteiger partial charge is 0.102 e. The van der Waals surface area contributed by atoms with Crippen molar-refractivity contribution in [3.05, 3.63) is 12.3 Å². The molecule has 1 aliphatic heterocycles. The molecule has 88 valence electrons. The minimum absolute atomic E-state index is 0.197. The van der Waals surface area contributed by atoms with Crippen molar-refractivity contribution in [3.63, 3.8) is 0 Å². The molecule has 2 atom stereocenters. The molecule has 0 bridgehead atoms. The van der Waals surface area contributed by atoms with Crippen LogP contribution in [0.1, 0.15) is 40.5 Å². The van der Waals surface area contributed by atoms with Crippen LogP contribution in [0, 0.1) is 11.3 Å². The molecule has 0 aliphatic carbocycles. The van der Waals surface area contributed by atoms with E-state index in [-0.39, 0.29) is 6.04 Å². The molecule has 2 heteroatoms. The monoisotopic (exact) mass is 211 g/mol. The first-order valence-corrected chi connectivity index (χ1v) is 5.91. The number of rotatable bonds is 3. The van der Waals surface area contributed by atoms with Crippen molar-refractivity contribution in [2.75, 3.05) is 13.1 Å². The minimum atomic E-state index is 0.197. The summed E-state index contributed by atoms with van der Waals surface area (Å²) in [7, 11) is 0. The highest BCUT2D eigenvalue weighted by atomic mass is 16.3. The van der Waals surface area contributed by atoms with Gasteiger partial charge in [0.25, 0.3) is 0 Å². The first kappa shape index (κ1) is 12.6. The average molecular weight is 211 g/mol. The molecule has 0 spiro atoms. The van der Waals surface area contributed by atoms with E-state index in [9.17, 15) is 5.11 Å². The molecule has 1 N–H and O–H groups in total. The van der Waals surface area contributed by atoms with Gasteiger partial charge in [0.05, 0.1) is 6.04 Å². The maximum absolute atomic E-state index is 9.53. The van der Waals surface area contributed by atoms with Gasteiger partial charge in [-0.2, -0.15) is 0 Å². The number of hydrogen-bond donors (Lipinski definition) is 1. The van der Waals surface area contributed by atoms with Crippen molar-refractivity contribution in [1.29, 1.82) is 0 Å². The van der Waals surface area contributed by atoms with Gasteiger partial charge in [-0.25, -0.2) is 0 Å². The van der Waals surface area contributed by atoms with E-state index in [4.69, 9.17) is 0 Å². The molecule has 0 saturated carbocycles. The van der Waals surface area contributed by atoms with E-state index in [2.05, 4.69) is 39.2 Å². The van der Waals surface area contributed by atoms with Crippen molar-refractivity contribution < 1.29 is 5.11 Å². The molecule has 1 heterocycles. The van der Waals surface area contributed by atoms with Gasteiger partial charge >= 0.3 is 0 Å². The second kappa shape index (κ2) is 4.56. The molecule has 0 aromatic heterocycles. The predicted octanol–water partition coefficient (Wildman–Crippen LogP) is 3.20. The van der Waals surface area contributed by atoms with Crippen LogP contribution in [-0.2, 0) is 0 Å². The average Bonchev–Trinajstić information content (AvgIpc) is 2.42. The molecule has 2 unspecified atom stereocenters. The standard InChI is InChI=1S/C13H25NO/c1-10-8-12(11(2)15)14(9-10)7-6-13(3,4)5/h10,12,15H,2,6-9H2,1,3-5H3. The van der Waals surface area contributed by atoms with E-state index in [0.717, 1.165) is 19.5 Å². The van der Waals surface area contributed by atoms with Gasteiger partial charge in [-0.3, -0.25) is 4.90 Å². The maximum atomic E-state index is 9.53. The fraction of sp³-hybridized carbons (Fsp3) is 0.846.